The lowest BCUT2D eigenvalue weighted by Crippen LogP contribution is -2.24. The number of carbonyl (C=O) groups excluding carboxylic acids is 2. The Kier molecular flexibility index (Phi) is 6.18. The van der Waals surface area contributed by atoms with Gasteiger partial charge in [0.15, 0.2) is 5.13 Å². The van der Waals surface area contributed by atoms with Gasteiger partial charge in [-0.25, -0.2) is 4.98 Å². The molecular weight excluding hydrogens is 414 g/mol. The van der Waals surface area contributed by atoms with Gasteiger partial charge in [0, 0.05) is 36.0 Å². The van der Waals surface area contributed by atoms with Crippen molar-refractivity contribution in [2.45, 2.75) is 19.4 Å². The third kappa shape index (κ3) is 4.69. The van der Waals surface area contributed by atoms with Gasteiger partial charge in [-0.3, -0.25) is 14.9 Å². The lowest BCUT2D eigenvalue weighted by Gasteiger charge is -2.15. The monoisotopic (exact) mass is 437 g/mol. The summed E-state index contributed by atoms with van der Waals surface area (Å²) >= 11 is 1.34. The van der Waals surface area contributed by atoms with Crippen LogP contribution in [0.3, 0.4) is 0 Å². The number of amides is 2. The normalized spacial score (nSPS) is 13.4. The maximum absolute atomic E-state index is 12.8. The average molecular weight is 438 g/mol. The van der Waals surface area contributed by atoms with Crippen LogP contribution in [0.1, 0.15) is 28.8 Å². The fourth-order valence-corrected chi connectivity index (χ4v) is 4.25. The van der Waals surface area contributed by atoms with Crippen molar-refractivity contribution in [3.63, 3.8) is 0 Å². The topological polar surface area (TPSA) is 80.8 Å². The zero-order chi connectivity index (χ0) is 21.8. The Morgan fingerprint density at radius 1 is 1.19 bits per heavy atom. The highest BCUT2D eigenvalue weighted by molar-refractivity contribution is 7.14. The largest absolute Gasteiger partial charge is 0.497 e. The molecule has 3 aromatic rings. The molecule has 0 atom stereocenters. The summed E-state index contributed by atoms with van der Waals surface area (Å²) in [5.41, 5.74) is 2.94. The number of benzene rings is 2. The van der Waals surface area contributed by atoms with Crippen molar-refractivity contribution in [3.05, 3.63) is 59.0 Å². The van der Waals surface area contributed by atoms with E-state index in [1.165, 1.54) is 11.3 Å². The molecule has 1 aliphatic heterocycles. The van der Waals surface area contributed by atoms with Crippen molar-refractivity contribution in [1.82, 2.24) is 9.88 Å². The molecular formula is C23H23N3O4S. The molecule has 0 unspecified atom stereocenters. The molecule has 31 heavy (non-hydrogen) atoms. The first-order valence-corrected chi connectivity index (χ1v) is 10.8. The molecule has 4 rings (SSSR count). The third-order valence-corrected chi connectivity index (χ3v) is 5.90. The second-order valence-electron chi connectivity index (χ2n) is 7.18. The Balaban J connectivity index is 1.48. The predicted octanol–water partition coefficient (Wildman–Crippen LogP) is 4.20. The van der Waals surface area contributed by atoms with E-state index in [9.17, 15) is 9.59 Å². The smallest absolute Gasteiger partial charge is 0.257 e. The SMILES string of the molecule is COc1ccc(OC)c(-c2csc(NC(=O)c3cccc(CN4CCCC4=O)c3)n2)c1. The van der Waals surface area contributed by atoms with Crippen molar-refractivity contribution in [2.75, 3.05) is 26.1 Å². The fourth-order valence-electron chi connectivity index (χ4n) is 3.54. The molecule has 0 saturated carbocycles. The zero-order valence-corrected chi connectivity index (χ0v) is 18.2. The first kappa shape index (κ1) is 20.9. The minimum absolute atomic E-state index is 0.165. The van der Waals surface area contributed by atoms with Gasteiger partial charge in [0.1, 0.15) is 11.5 Å². The van der Waals surface area contributed by atoms with Crippen LogP contribution in [0.5, 0.6) is 11.5 Å². The maximum Gasteiger partial charge on any atom is 0.257 e. The van der Waals surface area contributed by atoms with Crippen LogP contribution in [-0.2, 0) is 11.3 Å². The maximum atomic E-state index is 12.8. The molecule has 1 N–H and O–H groups in total. The molecule has 7 nitrogen and oxygen atoms in total. The molecule has 0 bridgehead atoms. The Labute approximate surface area is 184 Å². The summed E-state index contributed by atoms with van der Waals surface area (Å²) in [7, 11) is 3.20. The minimum atomic E-state index is -0.242. The standard InChI is InChI=1S/C23H23N3O4S/c1-29-17-8-9-20(30-2)18(12-17)19-14-31-23(24-19)25-22(28)16-6-3-5-15(11-16)13-26-10-4-7-21(26)27/h3,5-6,8-9,11-12,14H,4,7,10,13H2,1-2H3,(H,24,25,28). The first-order chi connectivity index (χ1) is 15.1. The van der Waals surface area contributed by atoms with E-state index in [0.717, 1.165) is 24.1 Å². The number of nitrogens with zero attached hydrogens (tertiary/aromatic N) is 2. The highest BCUT2D eigenvalue weighted by Crippen LogP contribution is 2.35. The van der Waals surface area contributed by atoms with Gasteiger partial charge in [0.25, 0.3) is 5.91 Å². The number of hydrogen-bond donors (Lipinski definition) is 1. The Hall–Kier alpha value is -3.39. The van der Waals surface area contributed by atoms with Crippen LogP contribution in [0.15, 0.2) is 47.8 Å². The molecule has 1 aliphatic rings. The number of rotatable bonds is 7. The van der Waals surface area contributed by atoms with E-state index in [2.05, 4.69) is 10.3 Å². The summed E-state index contributed by atoms with van der Waals surface area (Å²) in [4.78, 5) is 31.0. The summed E-state index contributed by atoms with van der Waals surface area (Å²) in [6, 6.07) is 12.8. The van der Waals surface area contributed by atoms with E-state index < -0.39 is 0 Å². The minimum Gasteiger partial charge on any atom is -0.497 e. The number of nitrogens with one attached hydrogen (secondary N) is 1. The molecule has 2 aromatic carbocycles. The number of hydrogen-bond acceptors (Lipinski definition) is 6. The van der Waals surface area contributed by atoms with Crippen molar-refractivity contribution in [3.8, 4) is 22.8 Å². The summed E-state index contributed by atoms with van der Waals surface area (Å²) < 4.78 is 10.7. The third-order valence-electron chi connectivity index (χ3n) is 5.14. The van der Waals surface area contributed by atoms with Crippen molar-refractivity contribution >= 4 is 28.3 Å². The molecule has 160 valence electrons. The van der Waals surface area contributed by atoms with Gasteiger partial charge in [-0.2, -0.15) is 0 Å². The number of thiazole rings is 1. The van der Waals surface area contributed by atoms with Gasteiger partial charge < -0.3 is 14.4 Å². The van der Waals surface area contributed by atoms with Gasteiger partial charge in [-0.15, -0.1) is 11.3 Å². The highest BCUT2D eigenvalue weighted by atomic mass is 32.1. The van der Waals surface area contributed by atoms with E-state index in [1.54, 1.807) is 20.3 Å². The zero-order valence-electron chi connectivity index (χ0n) is 17.4. The molecule has 2 amide bonds. The van der Waals surface area contributed by atoms with Crippen molar-refractivity contribution in [2.24, 2.45) is 0 Å². The Bertz CT molecular complexity index is 1110. The molecule has 1 aromatic heterocycles. The van der Waals surface area contributed by atoms with Crippen molar-refractivity contribution in [1.29, 1.82) is 0 Å². The summed E-state index contributed by atoms with van der Waals surface area (Å²) in [6.45, 7) is 1.29. The van der Waals surface area contributed by atoms with Gasteiger partial charge >= 0.3 is 0 Å². The molecule has 1 fully saturated rings. The van der Waals surface area contributed by atoms with Gasteiger partial charge in [-0.05, 0) is 42.3 Å². The summed E-state index contributed by atoms with van der Waals surface area (Å²) in [5, 5.41) is 5.21. The Morgan fingerprint density at radius 2 is 2.06 bits per heavy atom. The van der Waals surface area contributed by atoms with Gasteiger partial charge in [-0.1, -0.05) is 12.1 Å². The number of anilines is 1. The summed E-state index contributed by atoms with van der Waals surface area (Å²) in [5.74, 6) is 1.29. The molecule has 0 aliphatic carbocycles. The number of ether oxygens (including phenoxy) is 2. The van der Waals surface area contributed by atoms with E-state index in [4.69, 9.17) is 9.47 Å². The van der Waals surface area contributed by atoms with Crippen LogP contribution in [0, 0.1) is 0 Å². The highest BCUT2D eigenvalue weighted by Gasteiger charge is 2.20. The van der Waals surface area contributed by atoms with Crippen LogP contribution in [0.4, 0.5) is 5.13 Å². The van der Waals surface area contributed by atoms with E-state index in [0.29, 0.717) is 40.9 Å². The van der Waals surface area contributed by atoms with E-state index in [1.807, 2.05) is 46.7 Å². The lowest BCUT2D eigenvalue weighted by atomic mass is 10.1. The molecule has 0 radical (unpaired) electrons. The van der Waals surface area contributed by atoms with Crippen molar-refractivity contribution < 1.29 is 19.1 Å². The van der Waals surface area contributed by atoms with Crippen LogP contribution in [0.25, 0.3) is 11.3 Å². The van der Waals surface area contributed by atoms with Crippen LogP contribution >= 0.6 is 11.3 Å². The molecule has 8 heteroatoms. The number of methoxy groups -OCH3 is 2. The molecule has 1 saturated heterocycles. The predicted molar refractivity (Wildman–Crippen MR) is 120 cm³/mol. The van der Waals surface area contributed by atoms with Crippen LogP contribution in [0.2, 0.25) is 0 Å². The fraction of sp³-hybridized carbons (Fsp3) is 0.261. The van der Waals surface area contributed by atoms with Crippen LogP contribution < -0.4 is 14.8 Å². The average Bonchev–Trinajstić information content (AvgIpc) is 3.42. The first-order valence-electron chi connectivity index (χ1n) is 9.93. The quantitative estimate of drug-likeness (QED) is 0.599. The van der Waals surface area contributed by atoms with Crippen LogP contribution in [-0.4, -0.2) is 42.5 Å². The number of aromatic nitrogens is 1. The second kappa shape index (κ2) is 9.18. The molecule has 0 spiro atoms. The molecule has 2 heterocycles. The van der Waals surface area contributed by atoms with E-state index >= 15 is 0 Å². The number of likely N-dealkylation sites (tertiary alicyclic amines) is 1. The number of carbonyl (C=O) groups is 2. The lowest BCUT2D eigenvalue weighted by molar-refractivity contribution is -0.128. The second-order valence-corrected chi connectivity index (χ2v) is 8.04. The Morgan fingerprint density at radius 3 is 2.81 bits per heavy atom. The van der Waals surface area contributed by atoms with E-state index in [-0.39, 0.29) is 11.8 Å². The summed E-state index contributed by atoms with van der Waals surface area (Å²) in [6.07, 6.45) is 1.49. The van der Waals surface area contributed by atoms with Gasteiger partial charge in [0.2, 0.25) is 5.91 Å². The van der Waals surface area contributed by atoms with Gasteiger partial charge in [0.05, 0.1) is 19.9 Å².